The van der Waals surface area contributed by atoms with Crippen molar-refractivity contribution < 1.29 is 72.0 Å². The van der Waals surface area contributed by atoms with Gasteiger partial charge in [-0.25, -0.2) is 14.4 Å². The molecule has 5 rings (SSSR count). The molecule has 4 N–H and O–H groups in total. The minimum absolute atomic E-state index is 0.0732. The number of carbonyl (C=O) groups is 9. The number of nitrogens with one attached hydrogen (secondary N) is 3. The van der Waals surface area contributed by atoms with Gasteiger partial charge in [-0.3, -0.25) is 34.1 Å². The van der Waals surface area contributed by atoms with Gasteiger partial charge in [0.25, 0.3) is 11.8 Å². The second-order valence-electron chi connectivity index (χ2n) is 23.5. The zero-order valence-corrected chi connectivity index (χ0v) is 51.8. The number of allylic oxidation sites excluding steroid dienone is 1. The van der Waals surface area contributed by atoms with E-state index in [0.717, 1.165) is 25.7 Å². The molecule has 2 fully saturated rings. The molecule has 1 aliphatic carbocycles. The van der Waals surface area contributed by atoms with E-state index >= 15 is 0 Å². The molecule has 11 atom stereocenters. The molecule has 0 saturated carbocycles. The van der Waals surface area contributed by atoms with Crippen molar-refractivity contribution in [1.29, 1.82) is 0 Å². The Morgan fingerprint density at radius 3 is 2.13 bits per heavy atom. The lowest BCUT2D eigenvalue weighted by atomic mass is 9.83. The molecule has 0 aromatic heterocycles. The zero-order valence-electron chi connectivity index (χ0n) is 51.8. The fourth-order valence-electron chi connectivity index (χ4n) is 11.7. The third-order valence-electron chi connectivity index (χ3n) is 16.7. The van der Waals surface area contributed by atoms with Crippen LogP contribution in [0, 0.1) is 29.6 Å². The maximum atomic E-state index is 14.9. The molecule has 7 amide bonds. The summed E-state index contributed by atoms with van der Waals surface area (Å²) in [6.07, 6.45) is 5.44. The Morgan fingerprint density at radius 1 is 0.800 bits per heavy atom. The largest absolute Gasteiger partial charge is 0.445 e. The predicted octanol–water partition coefficient (Wildman–Crippen LogP) is 8.13. The standard InChI is InChI=1S/C63H93N7O15/c1-13-40(6)57(51(81-11)35-54(74)69-32-22-27-49(69)59(82-12)41(7)60(77)65-42(8)58(76)44-23-18-17-19-24-44)67(9)61(78)46(38(2)3)34-50(71)56(39(4)5)68(10)63(80)83-37-43-28-29-47(66-62(79)84-45-25-20-15-14-16-21-26-45)48(33-43)64-36-55(75)85-70-52(72)30-31-53(70)73/h17-20,23-25,28-29,33,38-42,45-46,49,51,56-59,64,76H,13-16,21-22,26-27,30-32,34-37H2,1-12H3,(H,65,77)(H,66,79)/b25-20+/t40-,41+,42+,45?,46+,49-,51+,56-,57-,58+,59+/m0/s1. The fraction of sp³-hybridized carbons (Fsp3) is 0.635. The molecule has 85 heavy (non-hydrogen) atoms. The van der Waals surface area contributed by atoms with Crippen molar-refractivity contribution in [2.24, 2.45) is 29.6 Å². The number of benzene rings is 2. The van der Waals surface area contributed by atoms with Crippen molar-refractivity contribution in [3.63, 3.8) is 0 Å². The highest BCUT2D eigenvalue weighted by Gasteiger charge is 2.44. The average molecular weight is 1190 g/mol. The Balaban J connectivity index is 1.25. The highest BCUT2D eigenvalue weighted by Crippen LogP contribution is 2.32. The minimum Gasteiger partial charge on any atom is -0.445 e. The lowest BCUT2D eigenvalue weighted by Gasteiger charge is -2.41. The minimum atomic E-state index is -1.01. The number of imide groups is 1. The van der Waals surface area contributed by atoms with E-state index in [0.29, 0.717) is 48.4 Å². The highest BCUT2D eigenvalue weighted by molar-refractivity contribution is 6.02. The summed E-state index contributed by atoms with van der Waals surface area (Å²) in [5.41, 5.74) is 1.49. The monoisotopic (exact) mass is 1190 g/mol. The molecule has 0 bridgehead atoms. The number of anilines is 2. The molecular formula is C63H93N7O15. The average Bonchev–Trinajstić information content (AvgIpc) is 4.29. The third kappa shape index (κ3) is 19.0. The summed E-state index contributed by atoms with van der Waals surface area (Å²) in [6, 6.07) is 11.1. The Kier molecular flexibility index (Phi) is 26.8. The molecule has 2 heterocycles. The van der Waals surface area contributed by atoms with E-state index in [4.69, 9.17) is 23.8 Å². The van der Waals surface area contributed by atoms with Crippen molar-refractivity contribution in [2.45, 2.75) is 188 Å². The van der Waals surface area contributed by atoms with Crippen LogP contribution >= 0.6 is 0 Å². The number of amides is 7. The van der Waals surface area contributed by atoms with E-state index in [2.05, 4.69) is 16.0 Å². The first-order chi connectivity index (χ1) is 40.4. The van der Waals surface area contributed by atoms with Gasteiger partial charge in [0.1, 0.15) is 19.3 Å². The van der Waals surface area contributed by atoms with E-state index < -0.39 is 103 Å². The molecule has 0 spiro atoms. The van der Waals surface area contributed by atoms with Gasteiger partial charge in [-0.15, -0.1) is 5.06 Å². The van der Waals surface area contributed by atoms with Crippen LogP contribution in [0.5, 0.6) is 0 Å². The normalized spacial score (nSPS) is 19.9. The van der Waals surface area contributed by atoms with Gasteiger partial charge in [0.05, 0.1) is 66.2 Å². The lowest BCUT2D eigenvalue weighted by molar-refractivity contribution is -0.196. The molecule has 2 aliphatic heterocycles. The van der Waals surface area contributed by atoms with Crippen LogP contribution in [0.3, 0.4) is 0 Å². The van der Waals surface area contributed by atoms with E-state index in [1.165, 1.54) is 38.3 Å². The van der Waals surface area contributed by atoms with Crippen LogP contribution in [0.25, 0.3) is 0 Å². The Labute approximate surface area is 501 Å². The zero-order chi connectivity index (χ0) is 62.7. The summed E-state index contributed by atoms with van der Waals surface area (Å²) in [7, 11) is 6.16. The van der Waals surface area contributed by atoms with Crippen LogP contribution in [-0.2, 0) is 64.0 Å². The molecule has 470 valence electrons. The summed E-state index contributed by atoms with van der Waals surface area (Å²) in [5, 5.41) is 19.9. The number of nitrogens with zero attached hydrogens (tertiary/aromatic N) is 4. The van der Waals surface area contributed by atoms with Crippen molar-refractivity contribution in [3.8, 4) is 0 Å². The quantitative estimate of drug-likeness (QED) is 0.0442. The molecule has 0 radical (unpaired) electrons. The first-order valence-electron chi connectivity index (χ1n) is 30.1. The molecule has 1 unspecified atom stereocenters. The van der Waals surface area contributed by atoms with E-state index in [1.54, 1.807) is 62.7 Å². The molecule has 2 saturated heterocycles. The van der Waals surface area contributed by atoms with Gasteiger partial charge in [-0.05, 0) is 92.5 Å². The summed E-state index contributed by atoms with van der Waals surface area (Å²) < 4.78 is 23.5. The van der Waals surface area contributed by atoms with Gasteiger partial charge in [0.15, 0.2) is 5.78 Å². The molecule has 2 aromatic rings. The van der Waals surface area contributed by atoms with Crippen LogP contribution in [0.2, 0.25) is 0 Å². The number of Topliss-reactive ketones (excluding diaryl/α,β-unsaturated/α-hetero) is 1. The first kappa shape index (κ1) is 68.9. The third-order valence-corrected chi connectivity index (χ3v) is 16.7. The number of likely N-dealkylation sites (N-methyl/N-ethyl adjacent to an activating group) is 2. The number of aliphatic hydroxyl groups is 1. The maximum Gasteiger partial charge on any atom is 0.412 e. The van der Waals surface area contributed by atoms with Gasteiger partial charge in [-0.1, -0.05) is 104 Å². The number of ether oxygens (including phenoxy) is 4. The van der Waals surface area contributed by atoms with Gasteiger partial charge < -0.3 is 54.2 Å². The summed E-state index contributed by atoms with van der Waals surface area (Å²) in [6.45, 7) is 14.4. The van der Waals surface area contributed by atoms with Gasteiger partial charge >= 0.3 is 18.2 Å². The number of ketones is 1. The summed E-state index contributed by atoms with van der Waals surface area (Å²) in [5.74, 6) is -5.85. The van der Waals surface area contributed by atoms with Gasteiger partial charge in [0, 0.05) is 60.0 Å². The fourth-order valence-corrected chi connectivity index (χ4v) is 11.7. The molecule has 22 heteroatoms. The number of hydrogen-bond acceptors (Lipinski definition) is 16. The summed E-state index contributed by atoms with van der Waals surface area (Å²) in [4.78, 5) is 131. The van der Waals surface area contributed by atoms with Crippen LogP contribution in [0.15, 0.2) is 60.7 Å². The Hall–Kier alpha value is -6.91. The topological polar surface area (TPSA) is 269 Å². The Bertz CT molecular complexity index is 2620. The Morgan fingerprint density at radius 2 is 1.49 bits per heavy atom. The van der Waals surface area contributed by atoms with Crippen molar-refractivity contribution >= 4 is 64.8 Å². The van der Waals surface area contributed by atoms with E-state index in [1.807, 2.05) is 58.0 Å². The number of carbonyl (C=O) groups excluding carboxylic acids is 9. The number of likely N-dealkylation sites (tertiary alicyclic amines) is 1. The molecule has 22 nitrogen and oxygen atoms in total. The van der Waals surface area contributed by atoms with Gasteiger partial charge in [-0.2, -0.15) is 0 Å². The lowest BCUT2D eigenvalue weighted by Crippen LogP contribution is -2.55. The molecular weight excluding hydrogens is 1090 g/mol. The number of methoxy groups -OCH3 is 2. The van der Waals surface area contributed by atoms with Crippen LogP contribution < -0.4 is 16.0 Å². The van der Waals surface area contributed by atoms with E-state index in [-0.39, 0.29) is 79.0 Å². The highest BCUT2D eigenvalue weighted by atomic mass is 16.7. The second kappa shape index (κ2) is 33.1. The second-order valence-corrected chi connectivity index (χ2v) is 23.5. The number of aliphatic hydroxyl groups excluding tert-OH is 1. The summed E-state index contributed by atoms with van der Waals surface area (Å²) >= 11 is 0. The van der Waals surface area contributed by atoms with Crippen LogP contribution in [-0.4, -0.2) is 162 Å². The van der Waals surface area contributed by atoms with Crippen molar-refractivity contribution in [3.05, 3.63) is 71.8 Å². The van der Waals surface area contributed by atoms with Gasteiger partial charge in [0.2, 0.25) is 17.7 Å². The van der Waals surface area contributed by atoms with Crippen molar-refractivity contribution in [1.82, 2.24) is 25.1 Å². The predicted molar refractivity (Wildman–Crippen MR) is 318 cm³/mol. The smallest absolute Gasteiger partial charge is 0.412 e. The number of hydrogen-bond donors (Lipinski definition) is 4. The number of hydroxylamine groups is 2. The van der Waals surface area contributed by atoms with Crippen LogP contribution in [0.1, 0.15) is 150 Å². The SMILES string of the molecule is CC[C@H](C)[C@@H]([C@@H](CC(=O)N1CCC[C@H]1[C@H](OC)[C@@H](C)C(=O)N[C@H](C)[C@@H](O)c1ccccc1)OC)N(C)C(=O)[C@H](CC(=O)[C@H](C(C)C)N(C)C(=O)OCc1ccc(NC(=O)OC2/C=C/CCCCC2)c(NCC(=O)ON2C(=O)CCC2=O)c1)C(C)C. The maximum absolute atomic E-state index is 14.9. The van der Waals surface area contributed by atoms with Crippen molar-refractivity contribution in [2.75, 3.05) is 52.0 Å². The van der Waals surface area contributed by atoms with E-state index in [9.17, 15) is 48.3 Å². The first-order valence-corrected chi connectivity index (χ1v) is 30.1. The molecule has 3 aliphatic rings. The number of rotatable bonds is 29. The van der Waals surface area contributed by atoms with Crippen LogP contribution in [0.4, 0.5) is 21.0 Å². The molecule has 2 aromatic carbocycles.